The van der Waals surface area contributed by atoms with Gasteiger partial charge in [-0.05, 0) is 26.0 Å². The smallest absolute Gasteiger partial charge is 0.416 e. The summed E-state index contributed by atoms with van der Waals surface area (Å²) in [6.07, 6.45) is -4.77. The SMILES string of the molecule is CC1(C)OCC(COc2cc(N)cc(C(F)(F)F)c2)O1. The summed E-state index contributed by atoms with van der Waals surface area (Å²) in [4.78, 5) is 0. The van der Waals surface area contributed by atoms with Gasteiger partial charge in [0.1, 0.15) is 18.5 Å². The maximum Gasteiger partial charge on any atom is 0.416 e. The lowest BCUT2D eigenvalue weighted by atomic mass is 10.2. The highest BCUT2D eigenvalue weighted by molar-refractivity contribution is 5.48. The lowest BCUT2D eigenvalue weighted by Crippen LogP contribution is -2.25. The second-order valence-electron chi connectivity index (χ2n) is 5.05. The molecule has 1 aliphatic heterocycles. The van der Waals surface area contributed by atoms with Crippen LogP contribution in [0.1, 0.15) is 19.4 Å². The number of nitrogen functional groups attached to an aromatic ring is 1. The van der Waals surface area contributed by atoms with Gasteiger partial charge in [0.2, 0.25) is 0 Å². The molecule has 1 unspecified atom stereocenters. The summed E-state index contributed by atoms with van der Waals surface area (Å²) >= 11 is 0. The number of hydrogen-bond donors (Lipinski definition) is 1. The summed E-state index contributed by atoms with van der Waals surface area (Å²) in [6.45, 7) is 3.95. The van der Waals surface area contributed by atoms with Crippen molar-refractivity contribution in [3.8, 4) is 5.75 Å². The number of benzene rings is 1. The van der Waals surface area contributed by atoms with E-state index in [1.807, 2.05) is 0 Å². The van der Waals surface area contributed by atoms with Gasteiger partial charge < -0.3 is 19.9 Å². The topological polar surface area (TPSA) is 53.7 Å². The molecule has 0 bridgehead atoms. The molecule has 2 N–H and O–H groups in total. The monoisotopic (exact) mass is 291 g/mol. The van der Waals surface area contributed by atoms with Gasteiger partial charge >= 0.3 is 6.18 Å². The Hall–Kier alpha value is -1.47. The number of ether oxygens (including phenoxy) is 3. The Morgan fingerprint density at radius 2 is 2.05 bits per heavy atom. The van der Waals surface area contributed by atoms with E-state index in [9.17, 15) is 13.2 Å². The van der Waals surface area contributed by atoms with E-state index in [1.165, 1.54) is 6.07 Å². The van der Waals surface area contributed by atoms with E-state index in [1.54, 1.807) is 13.8 Å². The van der Waals surface area contributed by atoms with E-state index in [-0.39, 0.29) is 24.1 Å². The van der Waals surface area contributed by atoms with Crippen LogP contribution in [0.4, 0.5) is 18.9 Å². The first-order valence-corrected chi connectivity index (χ1v) is 6.08. The fourth-order valence-corrected chi connectivity index (χ4v) is 1.90. The average molecular weight is 291 g/mol. The van der Waals surface area contributed by atoms with Crippen molar-refractivity contribution in [3.05, 3.63) is 23.8 Å². The second kappa shape index (κ2) is 5.14. The molecule has 0 saturated carbocycles. The van der Waals surface area contributed by atoms with Crippen molar-refractivity contribution in [1.82, 2.24) is 0 Å². The Balaban J connectivity index is 2.02. The van der Waals surface area contributed by atoms with Gasteiger partial charge in [-0.1, -0.05) is 0 Å². The fourth-order valence-electron chi connectivity index (χ4n) is 1.90. The van der Waals surface area contributed by atoms with Gasteiger partial charge in [0.05, 0.1) is 12.2 Å². The van der Waals surface area contributed by atoms with Crippen LogP contribution in [0.25, 0.3) is 0 Å². The van der Waals surface area contributed by atoms with E-state index in [4.69, 9.17) is 19.9 Å². The minimum absolute atomic E-state index is 0.00116. The van der Waals surface area contributed by atoms with Crippen molar-refractivity contribution in [2.24, 2.45) is 0 Å². The molecule has 4 nitrogen and oxygen atoms in total. The van der Waals surface area contributed by atoms with Crippen LogP contribution in [-0.4, -0.2) is 25.1 Å². The second-order valence-corrected chi connectivity index (χ2v) is 5.05. The van der Waals surface area contributed by atoms with E-state index < -0.39 is 17.5 Å². The van der Waals surface area contributed by atoms with Gasteiger partial charge in [0.25, 0.3) is 0 Å². The molecule has 1 aliphatic rings. The Morgan fingerprint density at radius 3 is 2.60 bits per heavy atom. The Labute approximate surface area is 114 Å². The highest BCUT2D eigenvalue weighted by Gasteiger charge is 2.34. The molecule has 1 saturated heterocycles. The molecule has 1 atom stereocenters. The third-order valence-corrected chi connectivity index (χ3v) is 2.76. The van der Waals surface area contributed by atoms with Crippen molar-refractivity contribution in [3.63, 3.8) is 0 Å². The molecule has 112 valence electrons. The first-order chi connectivity index (χ1) is 9.16. The molecular formula is C13H16F3NO3. The molecule has 1 aromatic carbocycles. The lowest BCUT2D eigenvalue weighted by molar-refractivity contribution is -0.141. The van der Waals surface area contributed by atoms with E-state index in [0.29, 0.717) is 6.61 Å². The molecule has 0 radical (unpaired) electrons. The first kappa shape index (κ1) is 14.9. The minimum atomic E-state index is -4.46. The number of nitrogens with two attached hydrogens (primary N) is 1. The number of hydrogen-bond acceptors (Lipinski definition) is 4. The fraction of sp³-hybridized carbons (Fsp3) is 0.538. The van der Waals surface area contributed by atoms with Crippen molar-refractivity contribution in [2.75, 3.05) is 18.9 Å². The number of anilines is 1. The summed E-state index contributed by atoms with van der Waals surface area (Å²) in [5.74, 6) is -0.633. The van der Waals surface area contributed by atoms with Gasteiger partial charge in [0, 0.05) is 11.8 Å². The largest absolute Gasteiger partial charge is 0.491 e. The molecule has 0 aromatic heterocycles. The zero-order valence-corrected chi connectivity index (χ0v) is 11.2. The molecule has 1 fully saturated rings. The van der Waals surface area contributed by atoms with Crippen LogP contribution in [0.5, 0.6) is 5.75 Å². The van der Waals surface area contributed by atoms with Crippen LogP contribution >= 0.6 is 0 Å². The summed E-state index contributed by atoms with van der Waals surface area (Å²) in [6, 6.07) is 3.12. The average Bonchev–Trinajstić information content (AvgIpc) is 2.64. The molecule has 1 aromatic rings. The van der Waals surface area contributed by atoms with Crippen LogP contribution in [0.3, 0.4) is 0 Å². The zero-order chi connectivity index (χ0) is 15.0. The van der Waals surface area contributed by atoms with Crippen LogP contribution in [-0.2, 0) is 15.7 Å². The van der Waals surface area contributed by atoms with E-state index in [0.717, 1.165) is 12.1 Å². The number of rotatable bonds is 3. The molecule has 7 heteroatoms. The molecule has 0 spiro atoms. The number of halogens is 3. The minimum Gasteiger partial charge on any atom is -0.491 e. The predicted molar refractivity (Wildman–Crippen MR) is 66.3 cm³/mol. The summed E-state index contributed by atoms with van der Waals surface area (Å²) in [7, 11) is 0. The van der Waals surface area contributed by atoms with Crippen molar-refractivity contribution in [2.45, 2.75) is 31.9 Å². The van der Waals surface area contributed by atoms with Gasteiger partial charge in [-0.15, -0.1) is 0 Å². The lowest BCUT2D eigenvalue weighted by Gasteiger charge is -2.17. The third kappa shape index (κ3) is 3.77. The molecular weight excluding hydrogens is 275 g/mol. The van der Waals surface area contributed by atoms with Gasteiger partial charge in [-0.3, -0.25) is 0 Å². The maximum atomic E-state index is 12.6. The highest BCUT2D eigenvalue weighted by atomic mass is 19.4. The highest BCUT2D eigenvalue weighted by Crippen LogP contribution is 2.33. The van der Waals surface area contributed by atoms with E-state index in [2.05, 4.69) is 0 Å². The van der Waals surface area contributed by atoms with Gasteiger partial charge in [-0.25, -0.2) is 0 Å². The standard InChI is InChI=1S/C13H16F3NO3/c1-12(2)19-7-11(20-12)6-18-10-4-8(13(14,15)16)3-9(17)5-10/h3-5,11H,6-7,17H2,1-2H3. The Bertz CT molecular complexity index is 488. The van der Waals surface area contributed by atoms with Crippen molar-refractivity contribution >= 4 is 5.69 Å². The van der Waals surface area contributed by atoms with Crippen molar-refractivity contribution < 1.29 is 27.4 Å². The Morgan fingerprint density at radius 1 is 1.35 bits per heavy atom. The van der Waals surface area contributed by atoms with Crippen LogP contribution in [0.2, 0.25) is 0 Å². The van der Waals surface area contributed by atoms with Gasteiger partial charge in [-0.2, -0.15) is 13.2 Å². The molecule has 0 amide bonds. The van der Waals surface area contributed by atoms with Gasteiger partial charge in [0.15, 0.2) is 5.79 Å². The van der Waals surface area contributed by atoms with E-state index >= 15 is 0 Å². The maximum absolute atomic E-state index is 12.6. The summed E-state index contributed by atoms with van der Waals surface area (Å²) < 4.78 is 54.1. The summed E-state index contributed by atoms with van der Waals surface area (Å²) in [5.41, 5.74) is 4.61. The molecule has 20 heavy (non-hydrogen) atoms. The first-order valence-electron chi connectivity index (χ1n) is 6.08. The summed E-state index contributed by atoms with van der Waals surface area (Å²) in [5, 5.41) is 0. The molecule has 2 rings (SSSR count). The zero-order valence-electron chi connectivity index (χ0n) is 11.2. The normalized spacial score (nSPS) is 21.9. The third-order valence-electron chi connectivity index (χ3n) is 2.76. The Kier molecular flexibility index (Phi) is 3.84. The quantitative estimate of drug-likeness (QED) is 0.870. The van der Waals surface area contributed by atoms with Crippen molar-refractivity contribution in [1.29, 1.82) is 0 Å². The molecule has 1 heterocycles. The van der Waals surface area contributed by atoms with Crippen LogP contribution in [0.15, 0.2) is 18.2 Å². The molecule has 0 aliphatic carbocycles. The predicted octanol–water partition coefficient (Wildman–Crippen LogP) is 2.82. The van der Waals surface area contributed by atoms with Crippen LogP contribution in [0, 0.1) is 0 Å². The number of alkyl halides is 3. The van der Waals surface area contributed by atoms with Crippen LogP contribution < -0.4 is 10.5 Å².